The molecule has 0 bridgehead atoms. The van der Waals surface area contributed by atoms with Crippen molar-refractivity contribution in [3.05, 3.63) is 67.0 Å². The highest BCUT2D eigenvalue weighted by Crippen LogP contribution is 2.28. The van der Waals surface area contributed by atoms with Crippen LogP contribution in [0.5, 0.6) is 0 Å². The quantitative estimate of drug-likeness (QED) is 0.536. The van der Waals surface area contributed by atoms with E-state index in [-0.39, 0.29) is 5.82 Å². The molecule has 0 aliphatic heterocycles. The number of aromatic nitrogens is 7. The van der Waals surface area contributed by atoms with E-state index in [9.17, 15) is 4.39 Å². The minimum atomic E-state index is -0.334. The van der Waals surface area contributed by atoms with Gasteiger partial charge in [-0.15, -0.1) is 0 Å². The number of hydrogen-bond acceptors (Lipinski definition) is 4. The molecule has 0 radical (unpaired) electrons. The van der Waals surface area contributed by atoms with E-state index in [4.69, 9.17) is 0 Å². The van der Waals surface area contributed by atoms with Crippen LogP contribution in [0.25, 0.3) is 39.5 Å². The minimum Gasteiger partial charge on any atom is -0.335 e. The average Bonchev–Trinajstić information content (AvgIpc) is 3.39. The van der Waals surface area contributed by atoms with E-state index in [1.54, 1.807) is 47.7 Å². The summed E-state index contributed by atoms with van der Waals surface area (Å²) in [6.07, 6.45) is 6.88. The molecule has 5 aromatic rings. The van der Waals surface area contributed by atoms with Crippen molar-refractivity contribution in [2.24, 2.45) is 7.05 Å². The summed E-state index contributed by atoms with van der Waals surface area (Å²) < 4.78 is 17.2. The van der Waals surface area contributed by atoms with Crippen molar-refractivity contribution in [3.63, 3.8) is 0 Å². The summed E-state index contributed by atoms with van der Waals surface area (Å²) >= 11 is 0. The Morgan fingerprint density at radius 2 is 1.93 bits per heavy atom. The van der Waals surface area contributed by atoms with E-state index in [1.807, 2.05) is 19.2 Å². The van der Waals surface area contributed by atoms with Gasteiger partial charge >= 0.3 is 0 Å². The molecule has 4 aromatic heterocycles. The maximum atomic E-state index is 14.0. The van der Waals surface area contributed by atoms with Gasteiger partial charge in [-0.2, -0.15) is 10.2 Å². The van der Waals surface area contributed by atoms with Gasteiger partial charge in [-0.25, -0.2) is 18.7 Å². The second kappa shape index (κ2) is 5.87. The number of nitrogens with zero attached hydrogens (tertiary/aromatic N) is 6. The summed E-state index contributed by atoms with van der Waals surface area (Å²) in [4.78, 5) is 12.1. The van der Waals surface area contributed by atoms with Crippen molar-refractivity contribution in [2.75, 3.05) is 0 Å². The molecule has 4 heterocycles. The number of halogens is 1. The molecule has 0 fully saturated rings. The van der Waals surface area contributed by atoms with Crippen LogP contribution >= 0.6 is 0 Å². The van der Waals surface area contributed by atoms with Gasteiger partial charge < -0.3 is 4.98 Å². The molecule has 1 aromatic carbocycles. The number of H-pyrrole nitrogens is 1. The molecule has 0 spiro atoms. The molecule has 7 nitrogen and oxygen atoms in total. The van der Waals surface area contributed by atoms with Crippen molar-refractivity contribution in [1.82, 2.24) is 34.5 Å². The first kappa shape index (κ1) is 15.4. The number of fused-ring (bicyclic) bond motifs is 1. The number of pyridine rings is 1. The van der Waals surface area contributed by atoms with Gasteiger partial charge in [0.2, 0.25) is 0 Å². The highest BCUT2D eigenvalue weighted by Gasteiger charge is 2.17. The second-order valence-electron chi connectivity index (χ2n) is 6.12. The molecule has 0 aliphatic rings. The number of imidazole rings is 1. The number of aryl methyl sites for hydroxylation is 1. The van der Waals surface area contributed by atoms with Crippen LogP contribution in [0.2, 0.25) is 0 Å². The Morgan fingerprint density at radius 1 is 1.04 bits per heavy atom. The molecule has 0 amide bonds. The Bertz CT molecular complexity index is 1250. The Labute approximate surface area is 153 Å². The predicted octanol–water partition coefficient (Wildman–Crippen LogP) is 3.35. The van der Waals surface area contributed by atoms with Crippen LogP contribution in [0.1, 0.15) is 0 Å². The average molecular weight is 359 g/mol. The molecule has 1 N–H and O–H groups in total. The van der Waals surface area contributed by atoms with Gasteiger partial charge in [-0.05, 0) is 24.3 Å². The molecule has 0 saturated heterocycles. The van der Waals surface area contributed by atoms with Crippen molar-refractivity contribution in [2.45, 2.75) is 0 Å². The van der Waals surface area contributed by atoms with Gasteiger partial charge in [0.1, 0.15) is 28.5 Å². The fourth-order valence-corrected chi connectivity index (χ4v) is 3.07. The first-order valence-electron chi connectivity index (χ1n) is 8.34. The normalized spacial score (nSPS) is 11.3. The number of rotatable bonds is 3. The fraction of sp³-hybridized carbons (Fsp3) is 0.0526. The molecule has 5 rings (SSSR count). The molecular formula is C19H14FN7. The zero-order valence-corrected chi connectivity index (χ0v) is 14.3. The maximum absolute atomic E-state index is 14.0. The van der Waals surface area contributed by atoms with Gasteiger partial charge in [-0.3, -0.25) is 4.98 Å². The predicted molar refractivity (Wildman–Crippen MR) is 98.6 cm³/mol. The van der Waals surface area contributed by atoms with Crippen LogP contribution in [-0.4, -0.2) is 34.5 Å². The van der Waals surface area contributed by atoms with Crippen LogP contribution in [0.4, 0.5) is 4.39 Å². The summed E-state index contributed by atoms with van der Waals surface area (Å²) in [5, 5.41) is 8.80. The number of aromatic amines is 1. The molecular weight excluding hydrogens is 345 g/mol. The molecule has 27 heavy (non-hydrogen) atoms. The number of benzene rings is 1. The zero-order valence-electron chi connectivity index (χ0n) is 14.3. The number of hydrogen-bond donors (Lipinski definition) is 1. The van der Waals surface area contributed by atoms with E-state index in [0.717, 1.165) is 28.0 Å². The third-order valence-corrected chi connectivity index (χ3v) is 4.37. The second-order valence-corrected chi connectivity index (χ2v) is 6.12. The molecule has 0 saturated carbocycles. The standard InChI is InChI=1S/C19H14FN7/c1-26-19-17(16(25-26)12-5-4-8-21-9-12)23-18(24-19)13-10-22-27(11-13)15-7-3-2-6-14(15)20/h2-11H,1H3,(H,23,24). The van der Waals surface area contributed by atoms with Gasteiger partial charge in [-0.1, -0.05) is 12.1 Å². The smallest absolute Gasteiger partial charge is 0.177 e. The van der Waals surface area contributed by atoms with E-state index in [1.165, 1.54) is 10.7 Å². The third-order valence-electron chi connectivity index (χ3n) is 4.37. The van der Waals surface area contributed by atoms with E-state index < -0.39 is 0 Å². The summed E-state index contributed by atoms with van der Waals surface area (Å²) in [6, 6.07) is 10.3. The molecule has 0 unspecified atom stereocenters. The first-order valence-corrected chi connectivity index (χ1v) is 8.34. The van der Waals surface area contributed by atoms with Crippen LogP contribution in [0, 0.1) is 5.82 Å². The van der Waals surface area contributed by atoms with Crippen LogP contribution in [0.15, 0.2) is 61.2 Å². The first-order chi connectivity index (χ1) is 13.2. The number of para-hydroxylation sites is 1. The Morgan fingerprint density at radius 3 is 2.74 bits per heavy atom. The Balaban J connectivity index is 1.60. The van der Waals surface area contributed by atoms with Crippen molar-refractivity contribution in [1.29, 1.82) is 0 Å². The van der Waals surface area contributed by atoms with Crippen molar-refractivity contribution < 1.29 is 4.39 Å². The lowest BCUT2D eigenvalue weighted by Crippen LogP contribution is -1.97. The minimum absolute atomic E-state index is 0.334. The maximum Gasteiger partial charge on any atom is 0.177 e. The Kier molecular flexibility index (Phi) is 3.36. The van der Waals surface area contributed by atoms with Gasteiger partial charge in [0.15, 0.2) is 5.65 Å². The van der Waals surface area contributed by atoms with Crippen molar-refractivity contribution in [3.8, 4) is 28.3 Å². The lowest BCUT2D eigenvalue weighted by Gasteiger charge is -2.01. The van der Waals surface area contributed by atoms with Crippen molar-refractivity contribution >= 4 is 11.2 Å². The summed E-state index contributed by atoms with van der Waals surface area (Å²) in [6.45, 7) is 0. The Hall–Kier alpha value is -3.81. The SMILES string of the molecule is Cn1nc(-c2cccnc2)c2[nH]c(-c3cnn(-c4ccccc4F)c3)nc21. The molecule has 132 valence electrons. The summed E-state index contributed by atoms with van der Waals surface area (Å²) in [5.74, 6) is 0.311. The highest BCUT2D eigenvalue weighted by molar-refractivity contribution is 5.90. The van der Waals surface area contributed by atoms with E-state index >= 15 is 0 Å². The van der Waals surface area contributed by atoms with Gasteiger partial charge in [0.05, 0.1) is 11.8 Å². The van der Waals surface area contributed by atoms with Crippen LogP contribution < -0.4 is 0 Å². The van der Waals surface area contributed by atoms with Gasteiger partial charge in [0.25, 0.3) is 0 Å². The highest BCUT2D eigenvalue weighted by atomic mass is 19.1. The molecule has 8 heteroatoms. The fourth-order valence-electron chi connectivity index (χ4n) is 3.07. The summed E-state index contributed by atoms with van der Waals surface area (Å²) in [7, 11) is 1.84. The van der Waals surface area contributed by atoms with E-state index in [0.29, 0.717) is 11.5 Å². The largest absolute Gasteiger partial charge is 0.335 e. The van der Waals surface area contributed by atoms with E-state index in [2.05, 4.69) is 25.1 Å². The zero-order chi connectivity index (χ0) is 18.4. The molecule has 0 atom stereocenters. The monoisotopic (exact) mass is 359 g/mol. The lowest BCUT2D eigenvalue weighted by molar-refractivity contribution is 0.611. The lowest BCUT2D eigenvalue weighted by atomic mass is 10.2. The van der Waals surface area contributed by atoms with Crippen LogP contribution in [0.3, 0.4) is 0 Å². The van der Waals surface area contributed by atoms with Gasteiger partial charge in [0, 0.05) is 31.2 Å². The topological polar surface area (TPSA) is 77.2 Å². The summed E-state index contributed by atoms with van der Waals surface area (Å²) in [5.41, 5.74) is 4.37. The third kappa shape index (κ3) is 2.50. The van der Waals surface area contributed by atoms with Crippen LogP contribution in [-0.2, 0) is 7.05 Å². The molecule has 0 aliphatic carbocycles. The number of nitrogens with one attached hydrogen (secondary N) is 1.